The lowest BCUT2D eigenvalue weighted by Crippen LogP contribution is -1.88. The molecule has 3 aromatic rings. The van der Waals surface area contributed by atoms with Crippen molar-refractivity contribution in [3.63, 3.8) is 0 Å². The van der Waals surface area contributed by atoms with Gasteiger partial charge in [0.05, 0.1) is 17.2 Å². The Morgan fingerprint density at radius 1 is 1.11 bits per heavy atom. The summed E-state index contributed by atoms with van der Waals surface area (Å²) < 4.78 is 1.79. The SMILES string of the molecule is CSc1ccc(/C=N\n2cnc3ccccc32)cc1. The van der Waals surface area contributed by atoms with Crippen molar-refractivity contribution in [1.82, 2.24) is 9.66 Å². The van der Waals surface area contributed by atoms with Crippen LogP contribution in [0.2, 0.25) is 0 Å². The number of nitrogens with zero attached hydrogens (tertiary/aromatic N) is 3. The topological polar surface area (TPSA) is 30.2 Å². The molecule has 2 aromatic carbocycles. The molecule has 0 radical (unpaired) electrons. The molecule has 0 fully saturated rings. The number of imidazole rings is 1. The van der Waals surface area contributed by atoms with Gasteiger partial charge in [-0.05, 0) is 36.1 Å². The van der Waals surface area contributed by atoms with Crippen LogP contribution in [-0.4, -0.2) is 22.1 Å². The van der Waals surface area contributed by atoms with E-state index in [4.69, 9.17) is 0 Å². The van der Waals surface area contributed by atoms with Gasteiger partial charge >= 0.3 is 0 Å². The van der Waals surface area contributed by atoms with Crippen LogP contribution < -0.4 is 0 Å². The third kappa shape index (κ3) is 2.53. The predicted molar refractivity (Wildman–Crippen MR) is 80.9 cm³/mol. The zero-order valence-electron chi connectivity index (χ0n) is 10.5. The molecule has 94 valence electrons. The Morgan fingerprint density at radius 3 is 2.68 bits per heavy atom. The molecule has 1 heterocycles. The average Bonchev–Trinajstić information content (AvgIpc) is 2.89. The van der Waals surface area contributed by atoms with Crippen molar-refractivity contribution < 1.29 is 0 Å². The van der Waals surface area contributed by atoms with Crippen LogP contribution in [0.3, 0.4) is 0 Å². The normalized spacial score (nSPS) is 11.4. The second kappa shape index (κ2) is 5.28. The molecule has 19 heavy (non-hydrogen) atoms. The van der Waals surface area contributed by atoms with Gasteiger partial charge in [0.1, 0.15) is 6.33 Å². The molecule has 0 atom stereocenters. The summed E-state index contributed by atoms with van der Waals surface area (Å²) >= 11 is 1.74. The molecule has 0 aliphatic carbocycles. The van der Waals surface area contributed by atoms with E-state index >= 15 is 0 Å². The first-order valence-corrected chi connectivity index (χ1v) is 7.20. The minimum atomic E-state index is 0.956. The van der Waals surface area contributed by atoms with Crippen molar-refractivity contribution >= 4 is 29.0 Å². The summed E-state index contributed by atoms with van der Waals surface area (Å²) in [5.41, 5.74) is 3.05. The fourth-order valence-corrected chi connectivity index (χ4v) is 2.27. The predicted octanol–water partition coefficient (Wildman–Crippen LogP) is 3.64. The van der Waals surface area contributed by atoms with Gasteiger partial charge in [-0.3, -0.25) is 0 Å². The third-order valence-corrected chi connectivity index (χ3v) is 3.63. The van der Waals surface area contributed by atoms with Crippen LogP contribution in [0.1, 0.15) is 5.56 Å². The fraction of sp³-hybridized carbons (Fsp3) is 0.0667. The van der Waals surface area contributed by atoms with E-state index in [0.29, 0.717) is 0 Å². The van der Waals surface area contributed by atoms with Gasteiger partial charge in [0.15, 0.2) is 0 Å². The molecule has 0 N–H and O–H groups in total. The summed E-state index contributed by atoms with van der Waals surface area (Å²) in [5.74, 6) is 0. The standard InChI is InChI=1S/C15H13N3S/c1-19-13-8-6-12(7-9-13)10-17-18-11-16-14-4-2-3-5-15(14)18/h2-11H,1H3/b17-10-. The molecular weight excluding hydrogens is 254 g/mol. The van der Waals surface area contributed by atoms with Crippen molar-refractivity contribution in [3.05, 3.63) is 60.4 Å². The number of thioether (sulfide) groups is 1. The average molecular weight is 267 g/mol. The second-order valence-electron chi connectivity index (χ2n) is 4.10. The largest absolute Gasteiger partial charge is 0.235 e. The molecule has 0 saturated heterocycles. The maximum absolute atomic E-state index is 4.44. The molecule has 3 rings (SSSR count). The number of aromatic nitrogens is 2. The Morgan fingerprint density at radius 2 is 1.89 bits per heavy atom. The third-order valence-electron chi connectivity index (χ3n) is 2.88. The summed E-state index contributed by atoms with van der Waals surface area (Å²) in [7, 11) is 0. The van der Waals surface area contributed by atoms with Gasteiger partial charge in [-0.2, -0.15) is 5.10 Å². The van der Waals surface area contributed by atoms with Gasteiger partial charge in [0.25, 0.3) is 0 Å². The van der Waals surface area contributed by atoms with Gasteiger partial charge in [-0.1, -0.05) is 24.3 Å². The zero-order chi connectivity index (χ0) is 13.1. The Bertz CT molecular complexity index is 714. The summed E-state index contributed by atoms with van der Waals surface area (Å²) in [6, 6.07) is 16.3. The molecule has 3 nitrogen and oxygen atoms in total. The summed E-state index contributed by atoms with van der Waals surface area (Å²) in [5, 5.41) is 4.44. The smallest absolute Gasteiger partial charge is 0.118 e. The van der Waals surface area contributed by atoms with Crippen LogP contribution in [0, 0.1) is 0 Å². The van der Waals surface area contributed by atoms with Crippen LogP contribution in [0.15, 0.2) is 64.9 Å². The number of para-hydroxylation sites is 2. The molecule has 1 aromatic heterocycles. The number of hydrogen-bond acceptors (Lipinski definition) is 3. The molecule has 0 aliphatic rings. The molecule has 0 unspecified atom stereocenters. The molecule has 0 saturated carbocycles. The van der Waals surface area contributed by atoms with E-state index in [1.165, 1.54) is 4.90 Å². The monoisotopic (exact) mass is 267 g/mol. The molecule has 0 amide bonds. The number of benzene rings is 2. The maximum Gasteiger partial charge on any atom is 0.118 e. The van der Waals surface area contributed by atoms with Crippen LogP contribution in [0.25, 0.3) is 11.0 Å². The van der Waals surface area contributed by atoms with E-state index in [1.54, 1.807) is 22.8 Å². The molecule has 0 spiro atoms. The number of fused-ring (bicyclic) bond motifs is 1. The van der Waals surface area contributed by atoms with Gasteiger partial charge in [0.2, 0.25) is 0 Å². The van der Waals surface area contributed by atoms with E-state index in [2.05, 4.69) is 40.6 Å². The van der Waals surface area contributed by atoms with Crippen LogP contribution in [0.4, 0.5) is 0 Å². The van der Waals surface area contributed by atoms with Gasteiger partial charge in [0, 0.05) is 4.90 Å². The lowest BCUT2D eigenvalue weighted by atomic mass is 10.2. The quantitative estimate of drug-likeness (QED) is 0.535. The highest BCUT2D eigenvalue weighted by atomic mass is 32.2. The molecule has 0 aliphatic heterocycles. The second-order valence-corrected chi connectivity index (χ2v) is 4.98. The van der Waals surface area contributed by atoms with Crippen molar-refractivity contribution in [1.29, 1.82) is 0 Å². The van der Waals surface area contributed by atoms with E-state index in [1.807, 2.05) is 30.5 Å². The molecule has 4 heteroatoms. The molecular formula is C15H13N3S. The number of hydrogen-bond donors (Lipinski definition) is 0. The van der Waals surface area contributed by atoms with Gasteiger partial charge in [-0.15, -0.1) is 11.8 Å². The summed E-state index contributed by atoms with van der Waals surface area (Å²) in [6.07, 6.45) is 5.65. The van der Waals surface area contributed by atoms with E-state index in [0.717, 1.165) is 16.6 Å². The Hall–Kier alpha value is -2.07. The Labute approximate surface area is 116 Å². The fourth-order valence-electron chi connectivity index (χ4n) is 1.86. The van der Waals surface area contributed by atoms with Crippen molar-refractivity contribution in [2.24, 2.45) is 5.10 Å². The zero-order valence-corrected chi connectivity index (χ0v) is 11.3. The van der Waals surface area contributed by atoms with Gasteiger partial charge < -0.3 is 0 Å². The van der Waals surface area contributed by atoms with Crippen molar-refractivity contribution in [2.45, 2.75) is 4.90 Å². The maximum atomic E-state index is 4.44. The summed E-state index contributed by atoms with van der Waals surface area (Å²) in [6.45, 7) is 0. The number of rotatable bonds is 3. The first-order chi connectivity index (χ1) is 9.36. The highest BCUT2D eigenvalue weighted by Gasteiger charge is 1.98. The minimum absolute atomic E-state index is 0.956. The first kappa shape index (κ1) is 12.0. The summed E-state index contributed by atoms with van der Waals surface area (Å²) in [4.78, 5) is 5.56. The van der Waals surface area contributed by atoms with E-state index < -0.39 is 0 Å². The highest BCUT2D eigenvalue weighted by Crippen LogP contribution is 2.14. The lowest BCUT2D eigenvalue weighted by Gasteiger charge is -1.98. The highest BCUT2D eigenvalue weighted by molar-refractivity contribution is 7.98. The lowest BCUT2D eigenvalue weighted by molar-refractivity contribution is 0.914. The molecule has 0 bridgehead atoms. The minimum Gasteiger partial charge on any atom is -0.235 e. The first-order valence-electron chi connectivity index (χ1n) is 5.97. The van der Waals surface area contributed by atoms with Crippen molar-refractivity contribution in [2.75, 3.05) is 6.26 Å². The van der Waals surface area contributed by atoms with E-state index in [-0.39, 0.29) is 0 Å². The van der Waals surface area contributed by atoms with Crippen LogP contribution in [0.5, 0.6) is 0 Å². The Kier molecular flexibility index (Phi) is 3.33. The van der Waals surface area contributed by atoms with Crippen molar-refractivity contribution in [3.8, 4) is 0 Å². The Balaban J connectivity index is 1.89. The van der Waals surface area contributed by atoms with Crippen LogP contribution in [-0.2, 0) is 0 Å². The van der Waals surface area contributed by atoms with Gasteiger partial charge in [-0.25, -0.2) is 9.66 Å². The van der Waals surface area contributed by atoms with E-state index in [9.17, 15) is 0 Å². The van der Waals surface area contributed by atoms with Crippen LogP contribution >= 0.6 is 11.8 Å².